The number of hydrogen-bond acceptors (Lipinski definition) is 3. The van der Waals surface area contributed by atoms with Crippen LogP contribution >= 0.6 is 0 Å². The zero-order valence-electron chi connectivity index (χ0n) is 19.3. The quantitative estimate of drug-likeness (QED) is 0.438. The van der Waals surface area contributed by atoms with E-state index in [1.165, 1.54) is 12.1 Å². The van der Waals surface area contributed by atoms with Gasteiger partial charge in [0.2, 0.25) is 5.91 Å². The molecule has 176 valence electrons. The van der Waals surface area contributed by atoms with Gasteiger partial charge in [-0.2, -0.15) is 0 Å². The lowest BCUT2D eigenvalue weighted by atomic mass is 9.94. The Kier molecular flexibility index (Phi) is 6.53. The predicted octanol–water partition coefficient (Wildman–Crippen LogP) is 5.21. The Hall–Kier alpha value is -4.06. The molecule has 6 heteroatoms. The molecule has 0 unspecified atom stereocenters. The van der Waals surface area contributed by atoms with E-state index in [0.29, 0.717) is 49.2 Å². The van der Waals surface area contributed by atoms with Crippen LogP contribution in [0, 0.1) is 11.7 Å². The summed E-state index contributed by atoms with van der Waals surface area (Å²) in [7, 11) is 0. The van der Waals surface area contributed by atoms with Crippen molar-refractivity contribution in [1.29, 1.82) is 0 Å². The van der Waals surface area contributed by atoms with Gasteiger partial charge in [-0.3, -0.25) is 9.59 Å². The van der Waals surface area contributed by atoms with Crippen molar-refractivity contribution in [3.8, 4) is 11.3 Å². The number of aromatic nitrogens is 1. The van der Waals surface area contributed by atoms with Crippen molar-refractivity contribution >= 4 is 22.7 Å². The number of rotatable bonds is 5. The molecule has 2 heterocycles. The van der Waals surface area contributed by atoms with Crippen molar-refractivity contribution in [3.05, 3.63) is 102 Å². The van der Waals surface area contributed by atoms with E-state index in [4.69, 9.17) is 4.98 Å². The number of benzene rings is 3. The maximum atomic E-state index is 13.6. The van der Waals surface area contributed by atoms with Gasteiger partial charge in [0.15, 0.2) is 0 Å². The number of fused-ring (bicyclic) bond motifs is 1. The summed E-state index contributed by atoms with van der Waals surface area (Å²) >= 11 is 0. The number of carbonyl (C=O) groups is 2. The molecule has 1 aromatic heterocycles. The Labute approximate surface area is 203 Å². The van der Waals surface area contributed by atoms with E-state index in [0.717, 1.165) is 16.5 Å². The van der Waals surface area contributed by atoms with Crippen LogP contribution in [-0.4, -0.2) is 34.8 Å². The van der Waals surface area contributed by atoms with Gasteiger partial charge in [-0.05, 0) is 54.8 Å². The molecule has 5 nitrogen and oxygen atoms in total. The molecule has 3 aromatic carbocycles. The number of pyridine rings is 1. The molecular formula is C29H26FN3O2. The van der Waals surface area contributed by atoms with Crippen LogP contribution < -0.4 is 5.32 Å². The zero-order chi connectivity index (χ0) is 24.2. The van der Waals surface area contributed by atoms with Crippen molar-refractivity contribution in [2.24, 2.45) is 5.92 Å². The third-order valence-corrected chi connectivity index (χ3v) is 6.55. The van der Waals surface area contributed by atoms with E-state index in [9.17, 15) is 14.0 Å². The fourth-order valence-electron chi connectivity index (χ4n) is 4.57. The van der Waals surface area contributed by atoms with Crippen LogP contribution in [0.5, 0.6) is 0 Å². The lowest BCUT2D eigenvalue weighted by Gasteiger charge is -2.31. The van der Waals surface area contributed by atoms with E-state index >= 15 is 0 Å². The number of carbonyl (C=O) groups excluding carboxylic acids is 2. The molecule has 4 aromatic rings. The summed E-state index contributed by atoms with van der Waals surface area (Å²) in [5.74, 6) is -0.461. The van der Waals surface area contributed by atoms with Gasteiger partial charge in [-0.25, -0.2) is 9.37 Å². The Bertz CT molecular complexity index is 1350. The van der Waals surface area contributed by atoms with Crippen LogP contribution in [0.25, 0.3) is 22.2 Å². The molecule has 35 heavy (non-hydrogen) atoms. The Morgan fingerprint density at radius 3 is 2.34 bits per heavy atom. The molecule has 1 fully saturated rings. The van der Waals surface area contributed by atoms with E-state index in [2.05, 4.69) is 5.32 Å². The highest BCUT2D eigenvalue weighted by Gasteiger charge is 2.28. The van der Waals surface area contributed by atoms with Gasteiger partial charge in [-0.15, -0.1) is 0 Å². The second-order valence-electron chi connectivity index (χ2n) is 8.85. The zero-order valence-corrected chi connectivity index (χ0v) is 19.3. The molecule has 2 amide bonds. The topological polar surface area (TPSA) is 62.3 Å². The molecule has 0 saturated carbocycles. The number of nitrogens with one attached hydrogen (secondary N) is 1. The van der Waals surface area contributed by atoms with Crippen molar-refractivity contribution in [1.82, 2.24) is 15.2 Å². The SMILES string of the molecule is O=C(NCc1ccccc1)C1CCN(C(=O)c2cc(-c3ccc(F)cc3)nc3ccccc23)CC1. The molecule has 1 aliphatic heterocycles. The second kappa shape index (κ2) is 10.1. The number of piperidine rings is 1. The lowest BCUT2D eigenvalue weighted by Crippen LogP contribution is -2.43. The first kappa shape index (κ1) is 22.7. The number of nitrogens with zero attached hydrogens (tertiary/aromatic N) is 2. The third kappa shape index (κ3) is 5.06. The van der Waals surface area contributed by atoms with Gasteiger partial charge in [0.05, 0.1) is 16.8 Å². The highest BCUT2D eigenvalue weighted by molar-refractivity contribution is 6.07. The van der Waals surface area contributed by atoms with E-state index in [1.54, 1.807) is 18.2 Å². The molecule has 0 radical (unpaired) electrons. The van der Waals surface area contributed by atoms with Gasteiger partial charge in [0, 0.05) is 36.5 Å². The van der Waals surface area contributed by atoms with Crippen LogP contribution in [0.2, 0.25) is 0 Å². The third-order valence-electron chi connectivity index (χ3n) is 6.55. The first-order valence-electron chi connectivity index (χ1n) is 11.8. The van der Waals surface area contributed by atoms with Crippen LogP contribution in [-0.2, 0) is 11.3 Å². The van der Waals surface area contributed by atoms with Crippen molar-refractivity contribution in [3.63, 3.8) is 0 Å². The molecule has 1 saturated heterocycles. The number of halogens is 1. The summed E-state index contributed by atoms with van der Waals surface area (Å²) in [6, 6.07) is 25.3. The maximum absolute atomic E-state index is 13.6. The first-order valence-corrected chi connectivity index (χ1v) is 11.8. The lowest BCUT2D eigenvalue weighted by molar-refractivity contribution is -0.126. The largest absolute Gasteiger partial charge is 0.352 e. The van der Waals surface area contributed by atoms with Crippen molar-refractivity contribution in [2.75, 3.05) is 13.1 Å². The smallest absolute Gasteiger partial charge is 0.254 e. The normalized spacial score (nSPS) is 14.1. The predicted molar refractivity (Wildman–Crippen MR) is 134 cm³/mol. The highest BCUT2D eigenvalue weighted by Crippen LogP contribution is 2.27. The fourth-order valence-corrected chi connectivity index (χ4v) is 4.57. The monoisotopic (exact) mass is 467 g/mol. The maximum Gasteiger partial charge on any atom is 0.254 e. The molecule has 0 spiro atoms. The number of likely N-dealkylation sites (tertiary alicyclic amines) is 1. The molecule has 1 N–H and O–H groups in total. The molecule has 0 bridgehead atoms. The van der Waals surface area contributed by atoms with E-state index in [1.807, 2.05) is 59.5 Å². The molecule has 0 aliphatic carbocycles. The van der Waals surface area contributed by atoms with Crippen LogP contribution in [0.15, 0.2) is 84.9 Å². The average molecular weight is 468 g/mol. The minimum absolute atomic E-state index is 0.0360. The fraction of sp³-hybridized carbons (Fsp3) is 0.207. The van der Waals surface area contributed by atoms with Gasteiger partial charge in [0.25, 0.3) is 5.91 Å². The summed E-state index contributed by atoms with van der Waals surface area (Å²) in [5.41, 5.74) is 3.73. The standard InChI is InChI=1S/C29H26FN3O2/c30-23-12-10-21(11-13-23)27-18-25(24-8-4-5-9-26(24)32-27)29(35)33-16-14-22(15-17-33)28(34)31-19-20-6-2-1-3-7-20/h1-13,18,22H,14-17,19H2,(H,31,34). The summed E-state index contributed by atoms with van der Waals surface area (Å²) in [6.07, 6.45) is 1.25. The summed E-state index contributed by atoms with van der Waals surface area (Å²) in [6.45, 7) is 1.55. The van der Waals surface area contributed by atoms with Gasteiger partial charge >= 0.3 is 0 Å². The average Bonchev–Trinajstić information content (AvgIpc) is 2.92. The van der Waals surface area contributed by atoms with Crippen LogP contribution in [0.4, 0.5) is 4.39 Å². The van der Waals surface area contributed by atoms with Crippen molar-refractivity contribution in [2.45, 2.75) is 19.4 Å². The van der Waals surface area contributed by atoms with E-state index < -0.39 is 0 Å². The summed E-state index contributed by atoms with van der Waals surface area (Å²) in [4.78, 5) is 32.8. The molecule has 0 atom stereocenters. The highest BCUT2D eigenvalue weighted by atomic mass is 19.1. The number of para-hydroxylation sites is 1. The summed E-state index contributed by atoms with van der Waals surface area (Å²) < 4.78 is 13.4. The minimum Gasteiger partial charge on any atom is -0.352 e. The van der Waals surface area contributed by atoms with Gasteiger partial charge < -0.3 is 10.2 Å². The summed E-state index contributed by atoms with van der Waals surface area (Å²) in [5, 5.41) is 3.80. The van der Waals surface area contributed by atoms with Crippen molar-refractivity contribution < 1.29 is 14.0 Å². The Morgan fingerprint density at radius 1 is 0.914 bits per heavy atom. The molecular weight excluding hydrogens is 441 g/mol. The van der Waals surface area contributed by atoms with Crippen LogP contribution in [0.1, 0.15) is 28.8 Å². The second-order valence-corrected chi connectivity index (χ2v) is 8.85. The van der Waals surface area contributed by atoms with Crippen LogP contribution in [0.3, 0.4) is 0 Å². The Balaban J connectivity index is 1.30. The Morgan fingerprint density at radius 2 is 1.60 bits per heavy atom. The number of amides is 2. The van der Waals surface area contributed by atoms with E-state index in [-0.39, 0.29) is 23.5 Å². The number of hydrogen-bond donors (Lipinski definition) is 1. The minimum atomic E-state index is -0.318. The molecule has 1 aliphatic rings. The van der Waals surface area contributed by atoms with Gasteiger partial charge in [-0.1, -0.05) is 48.5 Å². The van der Waals surface area contributed by atoms with Gasteiger partial charge in [0.1, 0.15) is 5.82 Å². The molecule has 5 rings (SSSR count). The first-order chi connectivity index (χ1) is 17.1.